The van der Waals surface area contributed by atoms with Crippen molar-refractivity contribution < 1.29 is 23.8 Å². The summed E-state index contributed by atoms with van der Waals surface area (Å²) in [6.07, 6.45) is 0. The standard InChI is InChI=1S/C14H12FNO5S/c1-7(17)21-5-4-16-13(19)11-12(18)9-3-2-8(15)6-10(9)22-14(11)20/h2-3,6,20H,4-5H2,1H3,(H,16,19). The number of benzene rings is 1. The van der Waals surface area contributed by atoms with Gasteiger partial charge in [-0.2, -0.15) is 0 Å². The molecule has 0 bridgehead atoms. The van der Waals surface area contributed by atoms with E-state index in [4.69, 9.17) is 0 Å². The summed E-state index contributed by atoms with van der Waals surface area (Å²) in [4.78, 5) is 34.8. The van der Waals surface area contributed by atoms with Crippen LogP contribution >= 0.6 is 11.3 Å². The van der Waals surface area contributed by atoms with Gasteiger partial charge in [0.05, 0.1) is 6.54 Å². The molecular formula is C14H12FNO5S. The number of esters is 1. The Bertz CT molecular complexity index is 802. The fourth-order valence-corrected chi connectivity index (χ4v) is 2.74. The van der Waals surface area contributed by atoms with E-state index in [1.165, 1.54) is 13.0 Å². The van der Waals surface area contributed by atoms with E-state index in [0.717, 1.165) is 23.5 Å². The minimum atomic E-state index is -0.780. The van der Waals surface area contributed by atoms with Gasteiger partial charge < -0.3 is 15.2 Å². The van der Waals surface area contributed by atoms with Gasteiger partial charge in [0.1, 0.15) is 18.0 Å². The second-order valence-electron chi connectivity index (χ2n) is 4.35. The Labute approximate surface area is 128 Å². The maximum Gasteiger partial charge on any atom is 0.302 e. The number of carbonyl (C=O) groups excluding carboxylic acids is 2. The summed E-state index contributed by atoms with van der Waals surface area (Å²) < 4.78 is 18.0. The molecule has 0 unspecified atom stereocenters. The van der Waals surface area contributed by atoms with Gasteiger partial charge in [0.15, 0.2) is 5.06 Å². The molecule has 22 heavy (non-hydrogen) atoms. The molecule has 0 atom stereocenters. The number of amides is 1. The van der Waals surface area contributed by atoms with E-state index in [2.05, 4.69) is 10.1 Å². The first-order valence-electron chi connectivity index (χ1n) is 6.27. The largest absolute Gasteiger partial charge is 0.499 e. The molecule has 0 saturated carbocycles. The zero-order valence-electron chi connectivity index (χ0n) is 11.5. The average molecular weight is 325 g/mol. The van der Waals surface area contributed by atoms with Crippen LogP contribution in [-0.4, -0.2) is 30.1 Å². The second kappa shape index (κ2) is 6.52. The highest BCUT2D eigenvalue weighted by molar-refractivity contribution is 7.20. The molecule has 116 valence electrons. The van der Waals surface area contributed by atoms with Gasteiger partial charge in [0, 0.05) is 17.0 Å². The molecule has 1 aromatic heterocycles. The normalized spacial score (nSPS) is 10.5. The number of hydrogen-bond donors (Lipinski definition) is 2. The van der Waals surface area contributed by atoms with E-state index >= 15 is 0 Å². The summed E-state index contributed by atoms with van der Waals surface area (Å²) in [5, 5.41) is 11.9. The van der Waals surface area contributed by atoms with Gasteiger partial charge in [0.2, 0.25) is 5.43 Å². The highest BCUT2D eigenvalue weighted by Crippen LogP contribution is 2.28. The van der Waals surface area contributed by atoms with Gasteiger partial charge in [-0.3, -0.25) is 14.4 Å². The highest BCUT2D eigenvalue weighted by atomic mass is 32.1. The molecule has 0 spiro atoms. The SMILES string of the molecule is CC(=O)OCCNC(=O)c1c(O)sc2cc(F)ccc2c1=O. The third kappa shape index (κ3) is 3.40. The Morgan fingerprint density at radius 2 is 2.14 bits per heavy atom. The number of aromatic hydroxyl groups is 1. The monoisotopic (exact) mass is 325 g/mol. The van der Waals surface area contributed by atoms with Gasteiger partial charge in [0.25, 0.3) is 5.91 Å². The summed E-state index contributed by atoms with van der Waals surface area (Å²) in [5.74, 6) is -1.81. The minimum absolute atomic E-state index is 0.00339. The number of fused-ring (bicyclic) bond motifs is 1. The van der Waals surface area contributed by atoms with Crippen LogP contribution in [0.4, 0.5) is 4.39 Å². The van der Waals surface area contributed by atoms with Crippen molar-refractivity contribution in [3.63, 3.8) is 0 Å². The molecule has 6 nitrogen and oxygen atoms in total. The average Bonchev–Trinajstić information content (AvgIpc) is 2.42. The molecule has 2 aromatic rings. The van der Waals surface area contributed by atoms with E-state index in [1.54, 1.807) is 0 Å². The van der Waals surface area contributed by atoms with Crippen LogP contribution in [0.1, 0.15) is 17.3 Å². The maximum atomic E-state index is 13.1. The predicted octanol–water partition coefficient (Wildman–Crippen LogP) is 1.40. The molecule has 0 aliphatic carbocycles. The van der Waals surface area contributed by atoms with Crippen LogP contribution in [0.15, 0.2) is 23.0 Å². The van der Waals surface area contributed by atoms with Crippen molar-refractivity contribution in [2.45, 2.75) is 6.92 Å². The molecule has 0 aliphatic rings. The fraction of sp³-hybridized carbons (Fsp3) is 0.214. The van der Waals surface area contributed by atoms with Gasteiger partial charge in [-0.25, -0.2) is 4.39 Å². The van der Waals surface area contributed by atoms with E-state index in [1.807, 2.05) is 0 Å². The van der Waals surface area contributed by atoms with Gasteiger partial charge in [-0.1, -0.05) is 11.3 Å². The van der Waals surface area contributed by atoms with Crippen LogP contribution in [0.2, 0.25) is 0 Å². The van der Waals surface area contributed by atoms with E-state index < -0.39 is 33.7 Å². The molecule has 0 saturated heterocycles. The van der Waals surface area contributed by atoms with Crippen molar-refractivity contribution in [2.24, 2.45) is 0 Å². The third-order valence-corrected chi connectivity index (χ3v) is 3.71. The van der Waals surface area contributed by atoms with Crippen LogP contribution in [0, 0.1) is 5.82 Å². The van der Waals surface area contributed by atoms with E-state index in [9.17, 15) is 23.9 Å². The summed E-state index contributed by atoms with van der Waals surface area (Å²) in [6.45, 7) is 1.19. The van der Waals surface area contributed by atoms with Crippen LogP contribution in [0.25, 0.3) is 10.1 Å². The maximum absolute atomic E-state index is 13.1. The summed E-state index contributed by atoms with van der Waals surface area (Å²) in [7, 11) is 0. The van der Waals surface area contributed by atoms with Crippen molar-refractivity contribution in [2.75, 3.05) is 13.2 Å². The molecule has 0 radical (unpaired) electrons. The topological polar surface area (TPSA) is 92.7 Å². The molecule has 0 fully saturated rings. The number of rotatable bonds is 4. The smallest absolute Gasteiger partial charge is 0.302 e. The Morgan fingerprint density at radius 1 is 1.41 bits per heavy atom. The Hall–Kier alpha value is -2.48. The molecule has 8 heteroatoms. The van der Waals surface area contributed by atoms with Crippen molar-refractivity contribution >= 4 is 33.3 Å². The number of nitrogens with one attached hydrogen (secondary N) is 1. The first kappa shape index (κ1) is 15.9. The van der Waals surface area contributed by atoms with E-state index in [-0.39, 0.29) is 23.2 Å². The molecule has 2 N–H and O–H groups in total. The Kier molecular flexibility index (Phi) is 4.71. The number of halogens is 1. The van der Waals surface area contributed by atoms with Crippen molar-refractivity contribution in [3.8, 4) is 5.06 Å². The zero-order valence-corrected chi connectivity index (χ0v) is 12.3. The first-order chi connectivity index (χ1) is 10.4. The fourth-order valence-electron chi connectivity index (χ4n) is 1.80. The molecule has 1 heterocycles. The van der Waals surface area contributed by atoms with Crippen molar-refractivity contribution in [1.29, 1.82) is 0 Å². The van der Waals surface area contributed by atoms with Gasteiger partial charge in [-0.15, -0.1) is 0 Å². The highest BCUT2D eigenvalue weighted by Gasteiger charge is 2.19. The second-order valence-corrected chi connectivity index (χ2v) is 5.38. The van der Waals surface area contributed by atoms with Crippen molar-refractivity contribution in [1.82, 2.24) is 5.32 Å². The van der Waals surface area contributed by atoms with Gasteiger partial charge >= 0.3 is 5.97 Å². The lowest BCUT2D eigenvalue weighted by molar-refractivity contribution is -0.140. The van der Waals surface area contributed by atoms with Crippen LogP contribution in [0.3, 0.4) is 0 Å². The lowest BCUT2D eigenvalue weighted by atomic mass is 10.2. The summed E-state index contributed by atoms with van der Waals surface area (Å²) in [5.41, 5.74) is -1.09. The predicted molar refractivity (Wildman–Crippen MR) is 78.7 cm³/mol. The lowest BCUT2D eigenvalue weighted by Crippen LogP contribution is -2.31. The lowest BCUT2D eigenvalue weighted by Gasteiger charge is -2.07. The number of hydrogen-bond acceptors (Lipinski definition) is 6. The van der Waals surface area contributed by atoms with Gasteiger partial charge in [-0.05, 0) is 18.2 Å². The van der Waals surface area contributed by atoms with E-state index in [0.29, 0.717) is 0 Å². The Balaban J connectivity index is 2.27. The Morgan fingerprint density at radius 3 is 2.82 bits per heavy atom. The quantitative estimate of drug-likeness (QED) is 0.655. The number of ether oxygens (including phenoxy) is 1. The molecule has 1 aromatic carbocycles. The third-order valence-electron chi connectivity index (χ3n) is 2.76. The molecular weight excluding hydrogens is 313 g/mol. The minimum Gasteiger partial charge on any atom is -0.499 e. The molecule has 2 rings (SSSR count). The van der Waals surface area contributed by atoms with Crippen LogP contribution in [0.5, 0.6) is 5.06 Å². The number of carbonyl (C=O) groups is 2. The first-order valence-corrected chi connectivity index (χ1v) is 7.08. The molecule has 1 amide bonds. The summed E-state index contributed by atoms with van der Waals surface area (Å²) >= 11 is 0.738. The van der Waals surface area contributed by atoms with Crippen LogP contribution < -0.4 is 10.7 Å². The van der Waals surface area contributed by atoms with Crippen LogP contribution in [-0.2, 0) is 9.53 Å². The zero-order chi connectivity index (χ0) is 16.3. The van der Waals surface area contributed by atoms with Crippen molar-refractivity contribution in [3.05, 3.63) is 39.8 Å². The molecule has 0 aliphatic heterocycles. The summed E-state index contributed by atoms with van der Waals surface area (Å²) in [6, 6.07) is 3.48.